The largest absolute Gasteiger partial charge is 0.309 e. The topological polar surface area (TPSA) is 43.6 Å². The van der Waals surface area contributed by atoms with Crippen LogP contribution in [0.3, 0.4) is 0 Å². The van der Waals surface area contributed by atoms with E-state index in [1.165, 1.54) is 0 Å². The molecule has 0 aliphatic carbocycles. The quantitative estimate of drug-likeness (QED) is 0.182. The second-order valence-electron chi connectivity index (χ2n) is 10.8. The summed E-state index contributed by atoms with van der Waals surface area (Å²) in [6.07, 6.45) is 0. The second-order valence-corrected chi connectivity index (χ2v) is 12.9. The molecule has 0 radical (unpaired) electrons. The van der Waals surface area contributed by atoms with Crippen molar-refractivity contribution in [3.05, 3.63) is 157 Å². The van der Waals surface area contributed by atoms with Gasteiger partial charge < -0.3 is 4.57 Å². The van der Waals surface area contributed by atoms with Crippen LogP contribution in [0.1, 0.15) is 35.6 Å². The number of hydrogen-bond acceptors (Lipinski definition) is 5. The van der Waals surface area contributed by atoms with E-state index in [1.54, 1.807) is 0 Å². The van der Waals surface area contributed by atoms with E-state index < -0.39 is 208 Å². The van der Waals surface area contributed by atoms with Crippen LogP contribution >= 0.6 is 22.7 Å². The summed E-state index contributed by atoms with van der Waals surface area (Å²) in [7, 11) is 0. The maximum atomic E-state index is 9.99. The van der Waals surface area contributed by atoms with Gasteiger partial charge in [0.15, 0.2) is 17.5 Å². The molecule has 0 saturated carbocycles. The summed E-state index contributed by atoms with van der Waals surface area (Å²) in [5.41, 5.74) is -3.20. The van der Waals surface area contributed by atoms with E-state index in [0.717, 1.165) is 15.9 Å². The first-order valence-corrected chi connectivity index (χ1v) is 16.5. The number of thiophene rings is 2. The summed E-state index contributed by atoms with van der Waals surface area (Å²) in [6.45, 7) is 0. The van der Waals surface area contributed by atoms with Crippen LogP contribution in [-0.2, 0) is 0 Å². The normalized spacial score (nSPS) is 19.1. The van der Waals surface area contributed by atoms with Crippen LogP contribution in [0.2, 0.25) is 0 Å². The van der Waals surface area contributed by atoms with E-state index in [0.29, 0.717) is 11.3 Å². The number of nitrogens with zero attached hydrogens (tertiary/aromatic N) is 4. The van der Waals surface area contributed by atoms with Gasteiger partial charge in [-0.1, -0.05) is 109 Å². The van der Waals surface area contributed by atoms with Gasteiger partial charge in [-0.25, -0.2) is 15.0 Å². The van der Waals surface area contributed by atoms with Crippen molar-refractivity contribution < 1.29 is 35.6 Å². The van der Waals surface area contributed by atoms with Crippen molar-refractivity contribution in [3.8, 4) is 39.9 Å². The van der Waals surface area contributed by atoms with Crippen LogP contribution < -0.4 is 0 Å². The maximum absolute atomic E-state index is 9.99. The Morgan fingerprint density at radius 3 is 1.63 bits per heavy atom. The molecule has 0 bridgehead atoms. The predicted molar refractivity (Wildman–Crippen MR) is 216 cm³/mol. The summed E-state index contributed by atoms with van der Waals surface area (Å²) in [5, 5.41) is -1.38. The molecular weight excluding hydrogens is 661 g/mol. The minimum absolute atomic E-state index is 0.0728. The number of fused-ring (bicyclic) bond motifs is 10. The van der Waals surface area contributed by atoms with E-state index in [1.807, 2.05) is 0 Å². The highest BCUT2D eigenvalue weighted by Crippen LogP contribution is 2.47. The number of aromatic nitrogens is 4. The van der Waals surface area contributed by atoms with Crippen LogP contribution in [0, 0.1) is 0 Å². The van der Waals surface area contributed by atoms with Crippen molar-refractivity contribution in [2.24, 2.45) is 0 Å². The first-order chi connectivity index (χ1) is 36.1. The zero-order valence-corrected chi connectivity index (χ0v) is 26.7. The molecule has 0 atom stereocenters. The van der Waals surface area contributed by atoms with Gasteiger partial charge in [-0.3, -0.25) is 0 Å². The Morgan fingerprint density at radius 1 is 0.431 bits per heavy atom. The monoisotopic (exact) mass is 712 g/mol. The molecule has 11 aromatic rings. The lowest BCUT2D eigenvalue weighted by Gasteiger charge is -2.09. The zero-order valence-electron chi connectivity index (χ0n) is 51.1. The van der Waals surface area contributed by atoms with Crippen LogP contribution in [0.5, 0.6) is 0 Å². The van der Waals surface area contributed by atoms with E-state index in [-0.39, 0.29) is 51.1 Å². The Morgan fingerprint density at radius 2 is 0.961 bits per heavy atom. The predicted octanol–water partition coefficient (Wildman–Crippen LogP) is 12.7. The highest BCUT2D eigenvalue weighted by molar-refractivity contribution is 7.28. The lowest BCUT2D eigenvalue weighted by Crippen LogP contribution is -2.00. The average Bonchev–Trinajstić information content (AvgIpc) is 4.28. The second kappa shape index (κ2) is 11.2. The van der Waals surface area contributed by atoms with Crippen LogP contribution in [0.4, 0.5) is 0 Å². The van der Waals surface area contributed by atoms with Gasteiger partial charge in [-0.15, -0.1) is 22.7 Å². The van der Waals surface area contributed by atoms with E-state index >= 15 is 0 Å². The summed E-state index contributed by atoms with van der Waals surface area (Å²) < 4.78 is 231. The standard InChI is InChI=1S/C45H26N4S2/c1-3-12-27(13-4-1)43-46-44(28-14-5-2-6-15-28)48-45(47-43)33-19-11-18-32-40-39(51-42(32)33)25-24-38-41(40)34-26-29(22-23-37(34)50-38)49-35-20-9-7-16-30(35)31-17-8-10-21-36(31)49/h1-26H/i1D,2D,3D,4D,5D,6D,7D,8D,9D,10D,11D,12D,13D,14D,15D,16D,17D,18D,19D,20D,21D,22D,23D,24D,25D,26D. The van der Waals surface area contributed by atoms with Gasteiger partial charge in [0, 0.05) is 73.5 Å². The Labute approximate surface area is 337 Å². The number of para-hydroxylation sites is 2. The Bertz CT molecular complexity index is 4440. The minimum atomic E-state index is -0.828. The molecule has 0 aliphatic heterocycles. The molecule has 51 heavy (non-hydrogen) atoms. The van der Waals surface area contributed by atoms with Crippen LogP contribution in [0.15, 0.2) is 157 Å². The highest BCUT2D eigenvalue weighted by atomic mass is 32.1. The Balaban J connectivity index is 1.33. The van der Waals surface area contributed by atoms with Crippen molar-refractivity contribution in [2.45, 2.75) is 0 Å². The third-order valence-corrected chi connectivity index (χ3v) is 10.2. The first-order valence-electron chi connectivity index (χ1n) is 27.8. The van der Waals surface area contributed by atoms with E-state index in [9.17, 15) is 11.0 Å². The maximum Gasteiger partial charge on any atom is 0.165 e. The molecule has 238 valence electrons. The number of hydrogen-bond donors (Lipinski definition) is 0. The fourth-order valence-electron chi connectivity index (χ4n) is 5.96. The lowest BCUT2D eigenvalue weighted by atomic mass is 10.0. The zero-order chi connectivity index (χ0) is 56.1. The van der Waals surface area contributed by atoms with Gasteiger partial charge in [0.1, 0.15) is 0 Å². The lowest BCUT2D eigenvalue weighted by molar-refractivity contribution is 1.08. The van der Waals surface area contributed by atoms with Gasteiger partial charge in [-0.05, 0) is 48.3 Å². The van der Waals surface area contributed by atoms with E-state index in [4.69, 9.17) is 24.7 Å². The minimum Gasteiger partial charge on any atom is -0.309 e. The fourth-order valence-corrected chi connectivity index (χ4v) is 8.04. The first kappa shape index (κ1) is 13.2. The van der Waals surface area contributed by atoms with Gasteiger partial charge in [0.05, 0.1) is 46.7 Å². The molecular formula is C45H26N4S2. The van der Waals surface area contributed by atoms with Crippen LogP contribution in [-0.4, -0.2) is 19.5 Å². The summed E-state index contributed by atoms with van der Waals surface area (Å²) in [6, 6.07) is -19.4. The summed E-state index contributed by atoms with van der Waals surface area (Å²) in [4.78, 5) is 13.2. The van der Waals surface area contributed by atoms with Crippen molar-refractivity contribution >= 4 is 84.8 Å². The summed E-state index contributed by atoms with van der Waals surface area (Å²) >= 11 is 1.41. The van der Waals surface area contributed by atoms with E-state index in [2.05, 4.69) is 15.0 Å². The van der Waals surface area contributed by atoms with Gasteiger partial charge in [0.25, 0.3) is 0 Å². The molecule has 4 heterocycles. The van der Waals surface area contributed by atoms with Crippen molar-refractivity contribution in [3.63, 3.8) is 0 Å². The molecule has 0 N–H and O–H groups in total. The van der Waals surface area contributed by atoms with Crippen molar-refractivity contribution in [1.29, 1.82) is 0 Å². The molecule has 7 aromatic carbocycles. The third kappa shape index (κ3) is 4.40. The smallest absolute Gasteiger partial charge is 0.165 e. The van der Waals surface area contributed by atoms with Crippen LogP contribution in [0.25, 0.3) is 102 Å². The molecule has 11 rings (SSSR count). The molecule has 0 saturated heterocycles. The SMILES string of the molecule is [2H]c1c([2H])c([2H])c(-c2nc(-c3c([2H])c([2H])c([2H])c([2H])c3[2H])nc(-c3c([2H])c([2H])c([2H])c4c3sc3c([2H])c([2H])c5sc6c([2H])c([2H])c(-n7c8c([2H])c([2H])c([2H])c([2H])c8c8c([2H])c([2H])c([2H])c([2H])c87)c([2H])c6c5c34)n2)c([2H])c1[2H]. The molecule has 4 aromatic heterocycles. The average molecular weight is 713 g/mol. The molecule has 0 spiro atoms. The molecule has 4 nitrogen and oxygen atoms in total. The number of rotatable bonds is 4. The molecule has 0 amide bonds. The molecule has 0 unspecified atom stereocenters. The fraction of sp³-hybridized carbons (Fsp3) is 0. The molecule has 6 heteroatoms. The summed E-state index contributed by atoms with van der Waals surface area (Å²) in [5.74, 6) is -2.05. The third-order valence-electron chi connectivity index (χ3n) is 8.06. The van der Waals surface area contributed by atoms with Crippen molar-refractivity contribution in [1.82, 2.24) is 19.5 Å². The number of benzene rings is 7. The molecule has 0 aliphatic rings. The van der Waals surface area contributed by atoms with Gasteiger partial charge in [-0.2, -0.15) is 0 Å². The molecule has 0 fully saturated rings. The van der Waals surface area contributed by atoms with Gasteiger partial charge in [0.2, 0.25) is 0 Å². The van der Waals surface area contributed by atoms with Crippen molar-refractivity contribution in [2.75, 3.05) is 0 Å². The Hall–Kier alpha value is -6.21. The highest BCUT2D eigenvalue weighted by Gasteiger charge is 2.20. The van der Waals surface area contributed by atoms with Gasteiger partial charge >= 0.3 is 0 Å². The Kier molecular flexibility index (Phi) is 2.88.